The van der Waals surface area contributed by atoms with Crippen LogP contribution in [0.15, 0.2) is 24.3 Å². The first-order valence-electron chi connectivity index (χ1n) is 6.32. The second kappa shape index (κ2) is 5.98. The van der Waals surface area contributed by atoms with Gasteiger partial charge in [0.25, 0.3) is 5.91 Å². The average molecular weight is 248 g/mol. The van der Waals surface area contributed by atoms with Gasteiger partial charge in [0.2, 0.25) is 0 Å². The molecule has 0 aliphatic carbocycles. The predicted molar refractivity (Wildman–Crippen MR) is 70.2 cm³/mol. The largest absolute Gasteiger partial charge is 0.380 e. The summed E-state index contributed by atoms with van der Waals surface area (Å²) < 4.78 is 5.13. The molecule has 0 saturated carbocycles. The Kier molecular flexibility index (Phi) is 4.33. The summed E-state index contributed by atoms with van der Waals surface area (Å²) in [6.45, 7) is 2.71. The number of hydrogen-bond acceptors (Lipinski definition) is 3. The average Bonchev–Trinajstić information content (AvgIpc) is 2.88. The molecule has 1 aromatic carbocycles. The molecule has 0 aromatic heterocycles. The fourth-order valence-electron chi connectivity index (χ4n) is 2.39. The number of hydrogen-bond donors (Lipinski definition) is 1. The minimum Gasteiger partial charge on any atom is -0.380 e. The molecule has 98 valence electrons. The van der Waals surface area contributed by atoms with Gasteiger partial charge in [-0.1, -0.05) is 18.2 Å². The molecule has 18 heavy (non-hydrogen) atoms. The smallest absolute Gasteiger partial charge is 0.254 e. The van der Waals surface area contributed by atoms with Crippen LogP contribution in [-0.4, -0.2) is 37.6 Å². The van der Waals surface area contributed by atoms with Crippen LogP contribution in [-0.2, 0) is 11.3 Å². The lowest BCUT2D eigenvalue weighted by Gasteiger charge is -2.18. The van der Waals surface area contributed by atoms with E-state index < -0.39 is 0 Å². The standard InChI is InChI=1S/C14H20N2O2/c1-18-10-12-4-2-3-5-13(12)14(17)16-7-6-11(8-15)9-16/h2-5,11H,6-10,15H2,1H3/t11-/m0/s1. The fraction of sp³-hybridized carbons (Fsp3) is 0.500. The topological polar surface area (TPSA) is 55.6 Å². The monoisotopic (exact) mass is 248 g/mol. The molecule has 1 fully saturated rings. The van der Waals surface area contributed by atoms with Crippen molar-refractivity contribution >= 4 is 5.91 Å². The van der Waals surface area contributed by atoms with Crippen molar-refractivity contribution in [2.24, 2.45) is 11.7 Å². The fourth-order valence-corrected chi connectivity index (χ4v) is 2.39. The van der Waals surface area contributed by atoms with Crippen LogP contribution in [0, 0.1) is 5.92 Å². The summed E-state index contributed by atoms with van der Waals surface area (Å²) in [5.41, 5.74) is 7.35. The van der Waals surface area contributed by atoms with Crippen LogP contribution in [0.2, 0.25) is 0 Å². The van der Waals surface area contributed by atoms with Crippen LogP contribution >= 0.6 is 0 Å². The lowest BCUT2D eigenvalue weighted by atomic mass is 10.1. The van der Waals surface area contributed by atoms with Gasteiger partial charge in [0, 0.05) is 25.8 Å². The molecule has 0 unspecified atom stereocenters. The highest BCUT2D eigenvalue weighted by Gasteiger charge is 2.26. The Hall–Kier alpha value is -1.39. The van der Waals surface area contributed by atoms with Crippen LogP contribution in [0.25, 0.3) is 0 Å². The third kappa shape index (κ3) is 2.71. The van der Waals surface area contributed by atoms with E-state index in [1.165, 1.54) is 0 Å². The Balaban J connectivity index is 2.14. The van der Waals surface area contributed by atoms with Gasteiger partial charge in [-0.25, -0.2) is 0 Å². The normalized spacial score (nSPS) is 19.2. The lowest BCUT2D eigenvalue weighted by molar-refractivity contribution is 0.0782. The molecule has 0 radical (unpaired) electrons. The number of ether oxygens (including phenoxy) is 1. The predicted octanol–water partition coefficient (Wildman–Crippen LogP) is 1.25. The Labute approximate surface area is 108 Å². The van der Waals surface area contributed by atoms with E-state index in [1.54, 1.807) is 7.11 Å². The van der Waals surface area contributed by atoms with Gasteiger partial charge in [-0.3, -0.25) is 4.79 Å². The molecule has 1 saturated heterocycles. The van der Waals surface area contributed by atoms with Crippen LogP contribution in [0.4, 0.5) is 0 Å². The Morgan fingerprint density at radius 2 is 2.28 bits per heavy atom. The molecule has 2 N–H and O–H groups in total. The molecular weight excluding hydrogens is 228 g/mol. The van der Waals surface area contributed by atoms with E-state index in [2.05, 4.69) is 0 Å². The van der Waals surface area contributed by atoms with Gasteiger partial charge in [-0.05, 0) is 30.5 Å². The third-order valence-electron chi connectivity index (χ3n) is 3.45. The molecule has 4 nitrogen and oxygen atoms in total. The lowest BCUT2D eigenvalue weighted by Crippen LogP contribution is -2.30. The SMILES string of the molecule is COCc1ccccc1C(=O)N1CC[C@@H](CN)C1. The Morgan fingerprint density at radius 1 is 1.50 bits per heavy atom. The van der Waals surface area contributed by atoms with Gasteiger partial charge in [-0.15, -0.1) is 0 Å². The molecule has 1 heterocycles. The number of benzene rings is 1. The second-order valence-corrected chi connectivity index (χ2v) is 4.73. The number of rotatable bonds is 4. The number of carbonyl (C=O) groups is 1. The molecule has 4 heteroatoms. The second-order valence-electron chi connectivity index (χ2n) is 4.73. The highest BCUT2D eigenvalue weighted by atomic mass is 16.5. The van der Waals surface area contributed by atoms with Crippen LogP contribution in [0.3, 0.4) is 0 Å². The molecule has 1 aliphatic rings. The molecule has 1 atom stereocenters. The minimum absolute atomic E-state index is 0.0959. The summed E-state index contributed by atoms with van der Waals surface area (Å²) in [5.74, 6) is 0.544. The molecule has 0 spiro atoms. The van der Waals surface area contributed by atoms with E-state index in [4.69, 9.17) is 10.5 Å². The van der Waals surface area contributed by atoms with Crippen molar-refractivity contribution in [2.75, 3.05) is 26.7 Å². The Bertz CT molecular complexity index is 420. The molecule has 1 aliphatic heterocycles. The van der Waals surface area contributed by atoms with Crippen molar-refractivity contribution in [3.63, 3.8) is 0 Å². The Morgan fingerprint density at radius 3 is 2.94 bits per heavy atom. The maximum Gasteiger partial charge on any atom is 0.254 e. The number of amides is 1. The summed E-state index contributed by atoms with van der Waals surface area (Å²) in [6.07, 6.45) is 1.01. The quantitative estimate of drug-likeness (QED) is 0.872. The minimum atomic E-state index is 0.0959. The molecule has 0 bridgehead atoms. The first-order valence-corrected chi connectivity index (χ1v) is 6.32. The van der Waals surface area contributed by atoms with Crippen LogP contribution in [0.1, 0.15) is 22.3 Å². The van der Waals surface area contributed by atoms with E-state index in [0.29, 0.717) is 19.1 Å². The highest BCUT2D eigenvalue weighted by molar-refractivity contribution is 5.95. The van der Waals surface area contributed by atoms with Gasteiger partial charge in [-0.2, -0.15) is 0 Å². The van der Waals surface area contributed by atoms with E-state index in [0.717, 1.165) is 30.6 Å². The maximum atomic E-state index is 12.4. The summed E-state index contributed by atoms with van der Waals surface area (Å²) in [5, 5.41) is 0. The van der Waals surface area contributed by atoms with Crippen molar-refractivity contribution < 1.29 is 9.53 Å². The van der Waals surface area contributed by atoms with E-state index in [1.807, 2.05) is 29.2 Å². The van der Waals surface area contributed by atoms with E-state index in [9.17, 15) is 4.79 Å². The number of likely N-dealkylation sites (tertiary alicyclic amines) is 1. The zero-order valence-corrected chi connectivity index (χ0v) is 10.8. The summed E-state index contributed by atoms with van der Waals surface area (Å²) in [6, 6.07) is 7.63. The van der Waals surface area contributed by atoms with Gasteiger partial charge < -0.3 is 15.4 Å². The van der Waals surface area contributed by atoms with Crippen LogP contribution in [0.5, 0.6) is 0 Å². The van der Waals surface area contributed by atoms with E-state index in [-0.39, 0.29) is 5.91 Å². The highest BCUT2D eigenvalue weighted by Crippen LogP contribution is 2.20. The number of nitrogens with two attached hydrogens (primary N) is 1. The summed E-state index contributed by atoms with van der Waals surface area (Å²) in [7, 11) is 1.64. The van der Waals surface area contributed by atoms with E-state index >= 15 is 0 Å². The van der Waals surface area contributed by atoms with Gasteiger partial charge >= 0.3 is 0 Å². The summed E-state index contributed by atoms with van der Waals surface area (Å²) >= 11 is 0. The van der Waals surface area contributed by atoms with Crippen molar-refractivity contribution in [3.05, 3.63) is 35.4 Å². The first-order chi connectivity index (χ1) is 8.76. The first kappa shape index (κ1) is 13.1. The summed E-state index contributed by atoms with van der Waals surface area (Å²) in [4.78, 5) is 14.3. The van der Waals surface area contributed by atoms with Crippen molar-refractivity contribution in [2.45, 2.75) is 13.0 Å². The zero-order chi connectivity index (χ0) is 13.0. The van der Waals surface area contributed by atoms with Gasteiger partial charge in [0.1, 0.15) is 0 Å². The number of methoxy groups -OCH3 is 1. The molecular formula is C14H20N2O2. The van der Waals surface area contributed by atoms with Crippen LogP contribution < -0.4 is 5.73 Å². The zero-order valence-electron chi connectivity index (χ0n) is 10.8. The van der Waals surface area contributed by atoms with Crippen molar-refractivity contribution in [1.82, 2.24) is 4.90 Å². The third-order valence-corrected chi connectivity index (χ3v) is 3.45. The van der Waals surface area contributed by atoms with Gasteiger partial charge in [0.05, 0.1) is 6.61 Å². The van der Waals surface area contributed by atoms with Crippen molar-refractivity contribution in [3.8, 4) is 0 Å². The maximum absolute atomic E-state index is 12.4. The number of nitrogens with zero attached hydrogens (tertiary/aromatic N) is 1. The molecule has 1 amide bonds. The molecule has 2 rings (SSSR count). The number of carbonyl (C=O) groups excluding carboxylic acids is 1. The van der Waals surface area contributed by atoms with Crippen molar-refractivity contribution in [1.29, 1.82) is 0 Å². The van der Waals surface area contributed by atoms with Gasteiger partial charge in [0.15, 0.2) is 0 Å². The molecule has 1 aromatic rings.